The number of carbonyl (C=O) groups is 3. The molecule has 0 spiro atoms. The summed E-state index contributed by atoms with van der Waals surface area (Å²) in [6, 6.07) is 3.32. The molecule has 3 N–H and O–H groups in total. The first kappa shape index (κ1) is 17.5. The molecule has 130 valence electrons. The lowest BCUT2D eigenvalue weighted by molar-refractivity contribution is -0.147. The van der Waals surface area contributed by atoms with Gasteiger partial charge in [-0.1, -0.05) is 0 Å². The zero-order chi connectivity index (χ0) is 17.7. The van der Waals surface area contributed by atoms with Gasteiger partial charge in [0.25, 0.3) is 11.8 Å². The number of hydrogen-bond donors (Lipinski definition) is 2. The second-order valence-electron chi connectivity index (χ2n) is 5.05. The van der Waals surface area contributed by atoms with Crippen LogP contribution in [-0.2, 0) is 14.3 Å². The van der Waals surface area contributed by atoms with Crippen molar-refractivity contribution in [2.75, 3.05) is 33.5 Å². The van der Waals surface area contributed by atoms with Gasteiger partial charge in [0.15, 0.2) is 24.1 Å². The number of carboxylic acid groups (broad SMARTS) is 1. The van der Waals surface area contributed by atoms with E-state index >= 15 is 0 Å². The minimum Gasteiger partial charge on any atom is -0.493 e. The number of aliphatic carboxylic acids is 1. The molecule has 1 fully saturated rings. The topological polar surface area (TPSA) is 128 Å². The summed E-state index contributed by atoms with van der Waals surface area (Å²) in [5.74, 6) is -1.73. The molecule has 1 aromatic carbocycles. The lowest BCUT2D eigenvalue weighted by Crippen LogP contribution is -2.52. The Morgan fingerprint density at radius 1 is 1.38 bits per heavy atom. The molecule has 1 aromatic rings. The van der Waals surface area contributed by atoms with E-state index in [9.17, 15) is 19.5 Å². The van der Waals surface area contributed by atoms with E-state index in [2.05, 4.69) is 0 Å². The molecule has 0 saturated carbocycles. The third-order valence-corrected chi connectivity index (χ3v) is 3.45. The van der Waals surface area contributed by atoms with Crippen molar-refractivity contribution in [2.45, 2.75) is 6.04 Å². The Morgan fingerprint density at radius 3 is 2.75 bits per heavy atom. The highest BCUT2D eigenvalue weighted by Crippen LogP contribution is 2.29. The number of morpholine rings is 1. The van der Waals surface area contributed by atoms with Crippen LogP contribution in [0.5, 0.6) is 11.5 Å². The monoisotopic (exact) mass is 338 g/mol. The molecule has 1 unspecified atom stereocenters. The number of rotatable bonds is 6. The summed E-state index contributed by atoms with van der Waals surface area (Å²) in [6.07, 6.45) is 0. The fraction of sp³-hybridized carbons (Fsp3) is 0.400. The third-order valence-electron chi connectivity index (χ3n) is 3.45. The molecule has 24 heavy (non-hydrogen) atoms. The second-order valence-corrected chi connectivity index (χ2v) is 5.05. The van der Waals surface area contributed by atoms with Gasteiger partial charge in [-0.25, -0.2) is 4.79 Å². The van der Waals surface area contributed by atoms with Crippen LogP contribution in [0.3, 0.4) is 0 Å². The summed E-state index contributed by atoms with van der Waals surface area (Å²) in [6.45, 7) is 0.0662. The minimum absolute atomic E-state index is 0.0575. The van der Waals surface area contributed by atoms with Crippen LogP contribution in [0.1, 0.15) is 10.4 Å². The van der Waals surface area contributed by atoms with Gasteiger partial charge in [-0.05, 0) is 18.2 Å². The highest BCUT2D eigenvalue weighted by molar-refractivity contribution is 5.97. The predicted octanol–water partition coefficient (Wildman–Crippen LogP) is -0.515. The van der Waals surface area contributed by atoms with E-state index in [1.54, 1.807) is 0 Å². The average molecular weight is 338 g/mol. The summed E-state index contributed by atoms with van der Waals surface area (Å²) in [5, 5.41) is 9.21. The molecule has 0 bridgehead atoms. The van der Waals surface area contributed by atoms with Gasteiger partial charge in [0, 0.05) is 12.1 Å². The van der Waals surface area contributed by atoms with Crippen LogP contribution in [0.4, 0.5) is 0 Å². The van der Waals surface area contributed by atoms with Gasteiger partial charge in [-0.15, -0.1) is 0 Å². The zero-order valence-electron chi connectivity index (χ0n) is 13.1. The predicted molar refractivity (Wildman–Crippen MR) is 81.0 cm³/mol. The van der Waals surface area contributed by atoms with Gasteiger partial charge >= 0.3 is 5.97 Å². The molecule has 0 aromatic heterocycles. The lowest BCUT2D eigenvalue weighted by Gasteiger charge is -2.33. The Morgan fingerprint density at radius 2 is 2.12 bits per heavy atom. The number of nitrogens with zero attached hydrogens (tertiary/aromatic N) is 1. The van der Waals surface area contributed by atoms with Crippen molar-refractivity contribution < 1.29 is 33.7 Å². The van der Waals surface area contributed by atoms with Crippen molar-refractivity contribution in [1.82, 2.24) is 4.90 Å². The Hall–Kier alpha value is -2.81. The fourth-order valence-electron chi connectivity index (χ4n) is 2.29. The molecule has 1 aliphatic rings. The molecule has 2 rings (SSSR count). The van der Waals surface area contributed by atoms with E-state index < -0.39 is 23.8 Å². The van der Waals surface area contributed by atoms with Crippen molar-refractivity contribution in [3.63, 3.8) is 0 Å². The first-order valence-electron chi connectivity index (χ1n) is 7.14. The Kier molecular flexibility index (Phi) is 5.59. The average Bonchev–Trinajstić information content (AvgIpc) is 2.59. The molecular formula is C15H18N2O7. The molecule has 9 heteroatoms. The first-order valence-corrected chi connectivity index (χ1v) is 7.14. The number of amides is 2. The van der Waals surface area contributed by atoms with Gasteiger partial charge in [0.1, 0.15) is 0 Å². The van der Waals surface area contributed by atoms with Crippen molar-refractivity contribution in [2.24, 2.45) is 5.73 Å². The molecule has 1 atom stereocenters. The second kappa shape index (κ2) is 7.64. The maximum absolute atomic E-state index is 12.6. The fourth-order valence-corrected chi connectivity index (χ4v) is 2.29. The van der Waals surface area contributed by atoms with Crippen molar-refractivity contribution in [1.29, 1.82) is 0 Å². The molecule has 9 nitrogen and oxygen atoms in total. The quantitative estimate of drug-likeness (QED) is 0.714. The third kappa shape index (κ3) is 3.93. The molecule has 0 aliphatic carbocycles. The van der Waals surface area contributed by atoms with Crippen LogP contribution in [0.2, 0.25) is 0 Å². The van der Waals surface area contributed by atoms with Crippen LogP contribution in [0.15, 0.2) is 18.2 Å². The highest BCUT2D eigenvalue weighted by atomic mass is 16.5. The Labute approximate surface area is 137 Å². The van der Waals surface area contributed by atoms with E-state index in [0.29, 0.717) is 0 Å². The minimum atomic E-state index is -1.13. The van der Waals surface area contributed by atoms with Gasteiger partial charge in [-0.2, -0.15) is 0 Å². The van der Waals surface area contributed by atoms with E-state index in [-0.39, 0.29) is 43.4 Å². The molecule has 2 amide bonds. The normalized spacial score (nSPS) is 17.2. The molecule has 1 heterocycles. The molecule has 1 aliphatic heterocycles. The number of methoxy groups -OCH3 is 1. The van der Waals surface area contributed by atoms with Crippen LogP contribution in [-0.4, -0.2) is 67.3 Å². The smallest absolute Gasteiger partial charge is 0.328 e. The van der Waals surface area contributed by atoms with Gasteiger partial charge in [0.05, 0.1) is 20.3 Å². The Balaban J connectivity index is 2.22. The number of benzene rings is 1. The lowest BCUT2D eigenvalue weighted by atomic mass is 10.1. The van der Waals surface area contributed by atoms with Crippen LogP contribution in [0, 0.1) is 0 Å². The van der Waals surface area contributed by atoms with Gasteiger partial charge in [-0.3, -0.25) is 9.59 Å². The van der Waals surface area contributed by atoms with Crippen molar-refractivity contribution >= 4 is 17.8 Å². The molecular weight excluding hydrogens is 320 g/mol. The number of hydrogen-bond acceptors (Lipinski definition) is 6. The van der Waals surface area contributed by atoms with Crippen LogP contribution < -0.4 is 15.2 Å². The Bertz CT molecular complexity index is 647. The van der Waals surface area contributed by atoms with Crippen molar-refractivity contribution in [3.8, 4) is 11.5 Å². The van der Waals surface area contributed by atoms with E-state index in [1.807, 2.05) is 0 Å². The first-order chi connectivity index (χ1) is 11.4. The van der Waals surface area contributed by atoms with Gasteiger partial charge < -0.3 is 30.0 Å². The summed E-state index contributed by atoms with van der Waals surface area (Å²) in [7, 11) is 1.38. The largest absolute Gasteiger partial charge is 0.493 e. The SMILES string of the molecule is COc1cc(C(=O)N2CCOCC2C(=O)O)ccc1OCC(N)=O. The number of nitrogens with two attached hydrogens (primary N) is 1. The van der Waals surface area contributed by atoms with Gasteiger partial charge in [0.2, 0.25) is 0 Å². The maximum Gasteiger partial charge on any atom is 0.328 e. The van der Waals surface area contributed by atoms with Crippen LogP contribution in [0.25, 0.3) is 0 Å². The van der Waals surface area contributed by atoms with Crippen LogP contribution >= 0.6 is 0 Å². The highest BCUT2D eigenvalue weighted by Gasteiger charge is 2.33. The number of carboxylic acids is 1. The zero-order valence-corrected chi connectivity index (χ0v) is 13.1. The standard InChI is InChI=1S/C15H18N2O7/c1-22-12-6-9(2-3-11(12)24-8-13(16)18)14(19)17-4-5-23-7-10(17)15(20)21/h2-3,6,10H,4-5,7-8H2,1H3,(H2,16,18)(H,20,21). The maximum atomic E-state index is 12.6. The van der Waals surface area contributed by atoms with E-state index in [0.717, 1.165) is 0 Å². The molecule has 1 saturated heterocycles. The van der Waals surface area contributed by atoms with E-state index in [4.69, 9.17) is 19.9 Å². The summed E-state index contributed by atoms with van der Waals surface area (Å²) in [4.78, 5) is 35.9. The van der Waals surface area contributed by atoms with E-state index in [1.165, 1.54) is 30.2 Å². The van der Waals surface area contributed by atoms with Crippen molar-refractivity contribution in [3.05, 3.63) is 23.8 Å². The number of primary amides is 1. The summed E-state index contributed by atoms with van der Waals surface area (Å²) >= 11 is 0. The summed E-state index contributed by atoms with van der Waals surface area (Å²) in [5.41, 5.74) is 5.26. The number of carbonyl (C=O) groups excluding carboxylic acids is 2. The number of ether oxygens (including phenoxy) is 3. The summed E-state index contributed by atoms with van der Waals surface area (Å²) < 4.78 is 15.4. The molecule has 0 radical (unpaired) electrons.